The molecule has 108 valence electrons. The summed E-state index contributed by atoms with van der Waals surface area (Å²) >= 11 is 1.86. The summed E-state index contributed by atoms with van der Waals surface area (Å²) in [4.78, 5) is 15.4. The Labute approximate surface area is 125 Å². The molecule has 0 bridgehead atoms. The molecule has 4 nitrogen and oxygen atoms in total. The van der Waals surface area contributed by atoms with Gasteiger partial charge in [0.25, 0.3) is 0 Å². The average molecular weight is 304 g/mol. The van der Waals surface area contributed by atoms with E-state index in [-0.39, 0.29) is 18.3 Å². The van der Waals surface area contributed by atoms with Crippen LogP contribution in [0.25, 0.3) is 0 Å². The molecular weight excluding hydrogens is 282 g/mol. The Kier molecular flexibility index (Phi) is 6.79. The van der Waals surface area contributed by atoms with Gasteiger partial charge >= 0.3 is 0 Å². The molecule has 2 heterocycles. The molecule has 1 aromatic heterocycles. The van der Waals surface area contributed by atoms with E-state index in [0.29, 0.717) is 12.6 Å². The van der Waals surface area contributed by atoms with Crippen LogP contribution in [0.5, 0.6) is 0 Å². The Hall–Kier alpha value is -0.620. The number of carbonyl (C=O) groups is 1. The number of hydrogen-bond donors (Lipinski definition) is 2. The molecule has 6 heteroatoms. The molecule has 0 saturated carbocycles. The van der Waals surface area contributed by atoms with Gasteiger partial charge in [0.05, 0.1) is 6.54 Å². The third-order valence-electron chi connectivity index (χ3n) is 3.39. The number of nitrogens with one attached hydrogen (secondary N) is 2. The quantitative estimate of drug-likeness (QED) is 0.860. The average Bonchev–Trinajstić information content (AvgIpc) is 2.83. The zero-order valence-electron chi connectivity index (χ0n) is 11.4. The van der Waals surface area contributed by atoms with E-state index in [1.54, 1.807) is 7.05 Å². The van der Waals surface area contributed by atoms with Gasteiger partial charge in [-0.1, -0.05) is 0 Å². The molecule has 1 aromatic rings. The summed E-state index contributed by atoms with van der Waals surface area (Å²) in [6, 6.07) is 2.61. The van der Waals surface area contributed by atoms with Crippen LogP contribution in [0.15, 0.2) is 11.4 Å². The summed E-state index contributed by atoms with van der Waals surface area (Å²) in [5, 5.41) is 7.99. The topological polar surface area (TPSA) is 44.4 Å². The van der Waals surface area contributed by atoms with Gasteiger partial charge in [0.15, 0.2) is 0 Å². The third-order valence-corrected chi connectivity index (χ3v) is 4.42. The molecule has 1 unspecified atom stereocenters. The molecule has 0 spiro atoms. The third kappa shape index (κ3) is 4.45. The van der Waals surface area contributed by atoms with Crippen LogP contribution in [0.1, 0.15) is 17.4 Å². The van der Waals surface area contributed by atoms with Crippen LogP contribution >= 0.6 is 23.7 Å². The van der Waals surface area contributed by atoms with Gasteiger partial charge in [-0.25, -0.2) is 0 Å². The number of amides is 1. The molecule has 0 radical (unpaired) electrons. The summed E-state index contributed by atoms with van der Waals surface area (Å²) < 4.78 is 0. The Morgan fingerprint density at radius 3 is 3.11 bits per heavy atom. The van der Waals surface area contributed by atoms with Crippen molar-refractivity contribution >= 4 is 29.7 Å². The normalized spacial score (nSPS) is 16.3. The minimum atomic E-state index is 0. The zero-order chi connectivity index (χ0) is 13.0. The van der Waals surface area contributed by atoms with E-state index in [4.69, 9.17) is 0 Å². The van der Waals surface area contributed by atoms with Crippen LogP contribution in [0, 0.1) is 0 Å². The second kappa shape index (κ2) is 7.85. The lowest BCUT2D eigenvalue weighted by Crippen LogP contribution is -2.45. The highest BCUT2D eigenvalue weighted by Gasteiger charge is 2.21. The van der Waals surface area contributed by atoms with Crippen LogP contribution < -0.4 is 10.6 Å². The highest BCUT2D eigenvalue weighted by molar-refractivity contribution is 7.10. The van der Waals surface area contributed by atoms with Crippen LogP contribution in [0.3, 0.4) is 0 Å². The highest BCUT2D eigenvalue weighted by Crippen LogP contribution is 2.24. The van der Waals surface area contributed by atoms with E-state index >= 15 is 0 Å². The molecule has 1 atom stereocenters. The fourth-order valence-electron chi connectivity index (χ4n) is 2.26. The lowest BCUT2D eigenvalue weighted by molar-refractivity contribution is -0.120. The van der Waals surface area contributed by atoms with E-state index in [1.807, 2.05) is 11.3 Å². The van der Waals surface area contributed by atoms with E-state index < -0.39 is 0 Å². The van der Waals surface area contributed by atoms with Crippen molar-refractivity contribution in [3.63, 3.8) is 0 Å². The van der Waals surface area contributed by atoms with E-state index in [2.05, 4.69) is 33.9 Å². The van der Waals surface area contributed by atoms with Crippen LogP contribution in [0.4, 0.5) is 0 Å². The Morgan fingerprint density at radius 2 is 2.37 bits per heavy atom. The molecule has 0 fully saturated rings. The van der Waals surface area contributed by atoms with Gasteiger partial charge in [0.2, 0.25) is 5.91 Å². The summed E-state index contributed by atoms with van der Waals surface area (Å²) in [6.45, 7) is 5.40. The first-order valence-electron chi connectivity index (χ1n) is 6.41. The smallest absolute Gasteiger partial charge is 0.234 e. The Balaban J connectivity index is 0.00000180. The molecule has 0 aliphatic carbocycles. The predicted molar refractivity (Wildman–Crippen MR) is 82.1 cm³/mol. The molecule has 2 rings (SSSR count). The number of hydrogen-bond acceptors (Lipinski definition) is 4. The molecule has 19 heavy (non-hydrogen) atoms. The first-order chi connectivity index (χ1) is 8.70. The zero-order valence-corrected chi connectivity index (χ0v) is 13.1. The molecule has 1 aliphatic rings. The maximum absolute atomic E-state index is 11.4. The molecule has 0 saturated heterocycles. The Bertz CT molecular complexity index is 410. The second-order valence-corrected chi connectivity index (χ2v) is 5.77. The number of thiophene rings is 1. The van der Waals surface area contributed by atoms with E-state index in [0.717, 1.165) is 26.1 Å². The van der Waals surface area contributed by atoms with Gasteiger partial charge in [0, 0.05) is 30.6 Å². The number of fused-ring (bicyclic) bond motifs is 1. The molecular formula is C13H22ClN3OS. The highest BCUT2D eigenvalue weighted by atomic mass is 35.5. The van der Waals surface area contributed by atoms with Crippen LogP contribution in [-0.4, -0.2) is 43.5 Å². The van der Waals surface area contributed by atoms with E-state index in [1.165, 1.54) is 10.4 Å². The largest absolute Gasteiger partial charge is 0.353 e. The molecule has 0 aromatic carbocycles. The fourth-order valence-corrected chi connectivity index (χ4v) is 3.15. The van der Waals surface area contributed by atoms with Gasteiger partial charge in [-0.3, -0.25) is 9.69 Å². The lowest BCUT2D eigenvalue weighted by atomic mass is 10.1. The van der Waals surface area contributed by atoms with Gasteiger partial charge in [-0.15, -0.1) is 23.7 Å². The summed E-state index contributed by atoms with van der Waals surface area (Å²) in [6.07, 6.45) is 1.14. The number of likely N-dealkylation sites (N-methyl/N-ethyl adjacent to an activating group) is 1. The van der Waals surface area contributed by atoms with Crippen LogP contribution in [-0.2, 0) is 17.8 Å². The first-order valence-corrected chi connectivity index (χ1v) is 7.29. The second-order valence-electron chi connectivity index (χ2n) is 4.77. The summed E-state index contributed by atoms with van der Waals surface area (Å²) in [5.41, 5.74) is 1.46. The lowest BCUT2D eigenvalue weighted by Gasteiger charge is -2.32. The van der Waals surface area contributed by atoms with Crippen molar-refractivity contribution in [1.29, 1.82) is 0 Å². The summed E-state index contributed by atoms with van der Waals surface area (Å²) in [7, 11) is 1.78. The maximum atomic E-state index is 11.4. The fraction of sp³-hybridized carbons (Fsp3) is 0.615. The van der Waals surface area contributed by atoms with Gasteiger partial charge in [-0.05, 0) is 37.4 Å². The Morgan fingerprint density at radius 1 is 1.58 bits per heavy atom. The number of nitrogens with zero attached hydrogens (tertiary/aromatic N) is 1. The van der Waals surface area contributed by atoms with Crippen molar-refractivity contribution in [2.24, 2.45) is 0 Å². The van der Waals surface area contributed by atoms with Gasteiger partial charge < -0.3 is 10.6 Å². The minimum Gasteiger partial charge on any atom is -0.353 e. The van der Waals surface area contributed by atoms with E-state index in [9.17, 15) is 4.79 Å². The van der Waals surface area contributed by atoms with Crippen molar-refractivity contribution in [2.45, 2.75) is 25.9 Å². The number of rotatable bonds is 5. The van der Waals surface area contributed by atoms with Gasteiger partial charge in [-0.2, -0.15) is 0 Å². The summed E-state index contributed by atoms with van der Waals surface area (Å²) in [5.74, 6) is 0.0672. The van der Waals surface area contributed by atoms with Gasteiger partial charge in [0.1, 0.15) is 0 Å². The van der Waals surface area contributed by atoms with Crippen molar-refractivity contribution in [3.8, 4) is 0 Å². The standard InChI is InChI=1S/C13H21N3OS.ClH/c1-10(7-15-13(17)8-14-2)16-5-3-12-11(9-16)4-6-18-12;/h4,6,10,14H,3,5,7-9H2,1-2H3,(H,15,17);1H. The number of halogens is 1. The molecule has 2 N–H and O–H groups in total. The molecule has 1 amide bonds. The minimum absolute atomic E-state index is 0. The predicted octanol–water partition coefficient (Wildman–Crippen LogP) is 1.25. The first kappa shape index (κ1) is 16.4. The van der Waals surface area contributed by atoms with Crippen molar-refractivity contribution < 1.29 is 4.79 Å². The van der Waals surface area contributed by atoms with Crippen molar-refractivity contribution in [3.05, 3.63) is 21.9 Å². The monoisotopic (exact) mass is 303 g/mol. The number of carbonyl (C=O) groups excluding carboxylic acids is 1. The maximum Gasteiger partial charge on any atom is 0.234 e. The van der Waals surface area contributed by atoms with Crippen LogP contribution in [0.2, 0.25) is 0 Å². The van der Waals surface area contributed by atoms with Crippen molar-refractivity contribution in [2.75, 3.05) is 26.7 Å². The molecule has 1 aliphatic heterocycles. The van der Waals surface area contributed by atoms with Crippen molar-refractivity contribution in [1.82, 2.24) is 15.5 Å². The SMILES string of the molecule is CNCC(=O)NCC(C)N1CCc2sccc2C1.Cl.